The van der Waals surface area contributed by atoms with Crippen molar-refractivity contribution in [2.45, 2.75) is 38.8 Å². The van der Waals surface area contributed by atoms with E-state index in [0.717, 1.165) is 11.1 Å². The summed E-state index contributed by atoms with van der Waals surface area (Å²) in [7, 11) is 0. The van der Waals surface area contributed by atoms with Gasteiger partial charge >= 0.3 is 0 Å². The highest BCUT2D eigenvalue weighted by atomic mass is 35.5. The minimum Gasteiger partial charge on any atom is -0.324 e. The number of rotatable bonds is 18. The quantitative estimate of drug-likeness (QED) is 0.0383. The summed E-state index contributed by atoms with van der Waals surface area (Å²) < 4.78 is 0. The van der Waals surface area contributed by atoms with Crippen LogP contribution in [0, 0.1) is 0 Å². The first-order valence-electron chi connectivity index (χ1n) is 18.8. The van der Waals surface area contributed by atoms with Gasteiger partial charge in [0.25, 0.3) is 23.6 Å². The molecule has 0 bridgehead atoms. The van der Waals surface area contributed by atoms with Crippen LogP contribution in [-0.4, -0.2) is 59.0 Å². The van der Waals surface area contributed by atoms with E-state index < -0.39 is 47.3 Å². The minimum absolute atomic E-state index is 0.0933. The Morgan fingerprint density at radius 1 is 0.516 bits per heavy atom. The molecule has 0 saturated heterocycles. The Morgan fingerprint density at radius 3 is 1.24 bits per heavy atom. The van der Waals surface area contributed by atoms with Gasteiger partial charge in [0.1, 0.15) is 0 Å². The van der Waals surface area contributed by atoms with E-state index in [9.17, 15) is 28.8 Å². The van der Waals surface area contributed by atoms with Gasteiger partial charge in [0.2, 0.25) is 12.1 Å². The van der Waals surface area contributed by atoms with Crippen molar-refractivity contribution in [2.75, 3.05) is 33.0 Å². The van der Waals surface area contributed by atoms with E-state index in [4.69, 9.17) is 46.4 Å². The molecule has 0 saturated carbocycles. The monoisotopic (exact) mass is 914 g/mol. The summed E-state index contributed by atoms with van der Waals surface area (Å²) >= 11 is 24.5. The highest BCUT2D eigenvalue weighted by Crippen LogP contribution is 2.28. The largest absolute Gasteiger partial charge is 0.324 e. The smallest absolute Gasteiger partial charge is 0.258 e. The third-order valence-electron chi connectivity index (χ3n) is 8.91. The summed E-state index contributed by atoms with van der Waals surface area (Å²) in [4.78, 5) is 77.6. The van der Waals surface area contributed by atoms with Gasteiger partial charge in [0.05, 0.1) is 32.5 Å². The number of Topliss-reactive ketones (excluding diaryl/α,β-unsaturated/α-hetero) is 2. The van der Waals surface area contributed by atoms with E-state index in [1.54, 1.807) is 24.3 Å². The molecule has 0 heterocycles. The second-order valence-electron chi connectivity index (χ2n) is 13.4. The molecule has 0 radical (unpaired) electrons. The lowest BCUT2D eigenvalue weighted by Gasteiger charge is -2.12. The van der Waals surface area contributed by atoms with Gasteiger partial charge in [0.15, 0.2) is 11.6 Å². The molecule has 62 heavy (non-hydrogen) atoms. The molecule has 5 aromatic carbocycles. The predicted octanol–water partition coefficient (Wildman–Crippen LogP) is 10.4. The van der Waals surface area contributed by atoms with Gasteiger partial charge in [-0.2, -0.15) is 20.5 Å². The second-order valence-corrected chi connectivity index (χ2v) is 15.0. The van der Waals surface area contributed by atoms with Crippen LogP contribution in [0.2, 0.25) is 10.0 Å². The lowest BCUT2D eigenvalue weighted by Crippen LogP contribution is -2.32. The zero-order chi connectivity index (χ0) is 44.8. The van der Waals surface area contributed by atoms with Crippen LogP contribution >= 0.6 is 46.4 Å². The third-order valence-corrected chi connectivity index (χ3v) is 9.95. The molecule has 5 aromatic rings. The number of nitrogens with one attached hydrogen (secondary N) is 4. The summed E-state index contributed by atoms with van der Waals surface area (Å²) in [5, 5.41) is 27.1. The van der Waals surface area contributed by atoms with Crippen molar-refractivity contribution in [3.63, 3.8) is 0 Å². The summed E-state index contributed by atoms with van der Waals surface area (Å²) in [6.45, 7) is 2.36. The first-order chi connectivity index (χ1) is 29.8. The van der Waals surface area contributed by atoms with Gasteiger partial charge in [-0.05, 0) is 111 Å². The summed E-state index contributed by atoms with van der Waals surface area (Å²) in [6.07, 6.45) is 1.08. The normalized spacial score (nSPS) is 12.1. The lowest BCUT2D eigenvalue weighted by molar-refractivity contribution is -0.127. The third kappa shape index (κ3) is 12.8. The van der Waals surface area contributed by atoms with E-state index >= 15 is 0 Å². The Morgan fingerprint density at radius 2 is 0.887 bits per heavy atom. The minimum atomic E-state index is -1.55. The molecule has 0 spiro atoms. The van der Waals surface area contributed by atoms with E-state index in [-0.39, 0.29) is 43.9 Å². The van der Waals surface area contributed by atoms with Gasteiger partial charge in [0, 0.05) is 34.5 Å². The van der Waals surface area contributed by atoms with Gasteiger partial charge in [-0.25, -0.2) is 0 Å². The fraction of sp³-hybridized carbons (Fsp3) is 0.182. The number of alkyl halides is 2. The SMILES string of the molecule is CC(=O)C(N=Nc1ccc(Cl)c(C(=O)Nc2ccccc2CCCl)c1)C(=O)Nc1ccc(NC(=O)C(N=Nc2ccc(Cl)c(C(=O)Nc3ccccc3CCCl)c2)C(C)=O)cc1. The number of hydrogen-bond acceptors (Lipinski definition) is 10. The number of anilines is 4. The average Bonchev–Trinajstić information content (AvgIpc) is 3.24. The maximum atomic E-state index is 13.2. The molecule has 0 aromatic heterocycles. The van der Waals surface area contributed by atoms with Crippen LogP contribution in [0.4, 0.5) is 34.1 Å². The zero-order valence-corrected chi connectivity index (χ0v) is 36.1. The standard InChI is InChI=1S/C44H38Cl4N8O6/c1-25(57)39(55-53-31-15-17-35(47)33(23-31)41(59)51-37-9-5-3-7-27(37)19-21-45)43(61)49-29-11-13-30(14-12-29)50-44(62)40(26(2)58)56-54-32-16-18-36(48)34(24-32)42(60)52-38-10-6-4-8-28(38)20-22-46/h3-18,23-24,39-40H,19-22H2,1-2H3,(H,49,61)(H,50,62)(H,51,59)(H,52,60). The lowest BCUT2D eigenvalue weighted by atomic mass is 10.1. The Balaban J connectivity index is 1.21. The highest BCUT2D eigenvalue weighted by Gasteiger charge is 2.25. The number of azo groups is 2. The Bertz CT molecular complexity index is 2380. The summed E-state index contributed by atoms with van der Waals surface area (Å²) in [5.41, 5.74) is 3.85. The maximum Gasteiger partial charge on any atom is 0.258 e. The number of nitrogens with zero attached hydrogens (tertiary/aromatic N) is 4. The molecule has 14 nitrogen and oxygen atoms in total. The summed E-state index contributed by atoms with van der Waals surface area (Å²) in [5.74, 6) is -3.09. The van der Waals surface area contributed by atoms with E-state index in [1.165, 1.54) is 74.5 Å². The number of carbonyl (C=O) groups is 6. The second kappa shape index (κ2) is 22.5. The van der Waals surface area contributed by atoms with Crippen LogP contribution in [0.3, 0.4) is 0 Å². The molecule has 4 N–H and O–H groups in total. The van der Waals surface area contributed by atoms with Crippen molar-refractivity contribution < 1.29 is 28.8 Å². The molecule has 2 unspecified atom stereocenters. The summed E-state index contributed by atoms with van der Waals surface area (Å²) in [6, 6.07) is 25.7. The number of amides is 4. The van der Waals surface area contributed by atoms with Gasteiger partial charge in [-0.3, -0.25) is 28.8 Å². The fourth-order valence-corrected chi connectivity index (χ4v) is 6.56. The number of benzene rings is 5. The highest BCUT2D eigenvalue weighted by molar-refractivity contribution is 6.35. The van der Waals surface area contributed by atoms with Crippen molar-refractivity contribution in [2.24, 2.45) is 20.5 Å². The number of ketones is 2. The molecule has 18 heteroatoms. The average molecular weight is 917 g/mol. The van der Waals surface area contributed by atoms with Crippen molar-refractivity contribution in [1.82, 2.24) is 0 Å². The molecule has 318 valence electrons. The maximum absolute atomic E-state index is 13.2. The number of aryl methyl sites for hydroxylation is 2. The van der Waals surface area contributed by atoms with Crippen LogP contribution in [-0.2, 0) is 32.0 Å². The molecule has 5 rings (SSSR count). The molecule has 0 aliphatic carbocycles. The van der Waals surface area contributed by atoms with E-state index in [1.807, 2.05) is 24.3 Å². The molecular weight excluding hydrogens is 878 g/mol. The first-order valence-corrected chi connectivity index (χ1v) is 20.6. The van der Waals surface area contributed by atoms with Crippen LogP contribution in [0.25, 0.3) is 0 Å². The van der Waals surface area contributed by atoms with Crippen LogP contribution in [0.5, 0.6) is 0 Å². The number of para-hydroxylation sites is 2. The fourth-order valence-electron chi connectivity index (χ4n) is 5.75. The molecule has 0 aliphatic heterocycles. The molecule has 0 aliphatic rings. The van der Waals surface area contributed by atoms with Gasteiger partial charge in [-0.1, -0.05) is 59.6 Å². The Hall–Kier alpha value is -6.32. The van der Waals surface area contributed by atoms with Gasteiger partial charge in [-0.15, -0.1) is 23.2 Å². The van der Waals surface area contributed by atoms with Gasteiger partial charge < -0.3 is 21.3 Å². The van der Waals surface area contributed by atoms with Crippen LogP contribution in [0.15, 0.2) is 130 Å². The van der Waals surface area contributed by atoms with Crippen molar-refractivity contribution in [3.8, 4) is 0 Å². The number of hydrogen-bond donors (Lipinski definition) is 4. The van der Waals surface area contributed by atoms with E-state index in [2.05, 4.69) is 41.7 Å². The van der Waals surface area contributed by atoms with Crippen molar-refractivity contribution in [3.05, 3.63) is 141 Å². The van der Waals surface area contributed by atoms with Crippen molar-refractivity contribution >= 4 is 116 Å². The predicted molar refractivity (Wildman–Crippen MR) is 242 cm³/mol. The Labute approximate surface area is 376 Å². The number of halogens is 4. The molecule has 0 fully saturated rings. The topological polar surface area (TPSA) is 200 Å². The first kappa shape index (κ1) is 46.7. The molecular formula is C44H38Cl4N8O6. The molecule has 2 atom stereocenters. The number of carbonyl (C=O) groups excluding carboxylic acids is 6. The van der Waals surface area contributed by atoms with Crippen molar-refractivity contribution in [1.29, 1.82) is 0 Å². The van der Waals surface area contributed by atoms with Crippen LogP contribution < -0.4 is 21.3 Å². The molecule has 4 amide bonds. The van der Waals surface area contributed by atoms with Crippen LogP contribution in [0.1, 0.15) is 45.7 Å². The Kier molecular flexibility index (Phi) is 17.0. The zero-order valence-electron chi connectivity index (χ0n) is 33.1. The van der Waals surface area contributed by atoms with E-state index in [0.29, 0.717) is 36.0 Å².